The van der Waals surface area contributed by atoms with Gasteiger partial charge >= 0.3 is 5.69 Å². The zero-order valence-electron chi connectivity index (χ0n) is 6.01. The second kappa shape index (κ2) is 2.71. The van der Waals surface area contributed by atoms with Crippen LogP contribution in [0.25, 0.3) is 5.65 Å². The number of halogens is 3. The number of fused-ring (bicyclic) bond motifs is 1. The van der Waals surface area contributed by atoms with Gasteiger partial charge in [-0.05, 0) is 0 Å². The van der Waals surface area contributed by atoms with Gasteiger partial charge in [-0.2, -0.15) is 0 Å². The van der Waals surface area contributed by atoms with Crippen molar-refractivity contribution in [2.24, 2.45) is 0 Å². The van der Waals surface area contributed by atoms with E-state index in [-0.39, 0.29) is 15.7 Å². The Morgan fingerprint density at radius 2 is 2.23 bits per heavy atom. The van der Waals surface area contributed by atoms with E-state index in [1.165, 1.54) is 6.20 Å². The summed E-state index contributed by atoms with van der Waals surface area (Å²) < 4.78 is 14.2. The van der Waals surface area contributed by atoms with Crippen LogP contribution in [0.4, 0.5) is 4.39 Å². The van der Waals surface area contributed by atoms with Gasteiger partial charge < -0.3 is 0 Å². The van der Waals surface area contributed by atoms with Crippen molar-refractivity contribution in [1.29, 1.82) is 0 Å². The predicted molar refractivity (Wildman–Crippen MR) is 45.8 cm³/mol. The maximum absolute atomic E-state index is 13.2. The van der Waals surface area contributed by atoms with Crippen molar-refractivity contribution >= 4 is 28.8 Å². The summed E-state index contributed by atoms with van der Waals surface area (Å²) in [4.78, 5) is 11.0. The summed E-state index contributed by atoms with van der Waals surface area (Å²) in [5, 5.41) is 5.22. The number of hydrogen-bond donors (Lipinski definition) is 1. The van der Waals surface area contributed by atoms with Crippen LogP contribution in [0.3, 0.4) is 0 Å². The van der Waals surface area contributed by atoms with Gasteiger partial charge in [0.25, 0.3) is 0 Å². The largest absolute Gasteiger partial charge is 0.347 e. The minimum Gasteiger partial charge on any atom is -0.246 e. The van der Waals surface area contributed by atoms with Crippen LogP contribution in [0.5, 0.6) is 0 Å². The van der Waals surface area contributed by atoms with Crippen LogP contribution in [0.1, 0.15) is 0 Å². The number of rotatable bonds is 0. The molecule has 0 aromatic carbocycles. The van der Waals surface area contributed by atoms with Crippen LogP contribution in [0, 0.1) is 5.82 Å². The van der Waals surface area contributed by atoms with Crippen LogP contribution >= 0.6 is 23.2 Å². The van der Waals surface area contributed by atoms with Gasteiger partial charge in [0.2, 0.25) is 0 Å². The number of pyridine rings is 1. The molecule has 7 heteroatoms. The third-order valence-electron chi connectivity index (χ3n) is 1.55. The molecule has 2 aromatic heterocycles. The van der Waals surface area contributed by atoms with Gasteiger partial charge in [0.1, 0.15) is 5.02 Å². The molecular weight excluding hydrogens is 220 g/mol. The summed E-state index contributed by atoms with van der Waals surface area (Å²) in [6.45, 7) is 0. The topological polar surface area (TPSA) is 50.2 Å². The van der Waals surface area contributed by atoms with E-state index in [4.69, 9.17) is 23.2 Å². The van der Waals surface area contributed by atoms with E-state index < -0.39 is 11.5 Å². The Labute approximate surface area is 80.9 Å². The highest BCUT2D eigenvalue weighted by atomic mass is 35.5. The molecule has 2 heterocycles. The lowest BCUT2D eigenvalue weighted by Gasteiger charge is -1.97. The normalized spacial score (nSPS) is 11.0. The molecule has 0 aliphatic heterocycles. The molecule has 0 atom stereocenters. The number of nitrogens with one attached hydrogen (secondary N) is 1. The van der Waals surface area contributed by atoms with Crippen molar-refractivity contribution in [3.8, 4) is 0 Å². The molecule has 2 rings (SSSR count). The van der Waals surface area contributed by atoms with Crippen molar-refractivity contribution in [3.63, 3.8) is 0 Å². The van der Waals surface area contributed by atoms with E-state index in [9.17, 15) is 9.18 Å². The van der Waals surface area contributed by atoms with Crippen molar-refractivity contribution in [3.05, 3.63) is 32.5 Å². The van der Waals surface area contributed by atoms with E-state index in [1.807, 2.05) is 0 Å². The summed E-state index contributed by atoms with van der Waals surface area (Å²) in [6, 6.07) is 0. The molecule has 2 aromatic rings. The third kappa shape index (κ3) is 1.12. The molecular formula is C6H2Cl2FN3O. The maximum atomic E-state index is 13.2. The molecule has 0 amide bonds. The number of H-pyrrole nitrogens is 1. The summed E-state index contributed by atoms with van der Waals surface area (Å²) in [5.41, 5.74) is -0.730. The molecule has 1 N–H and O–H groups in total. The highest BCUT2D eigenvalue weighted by Crippen LogP contribution is 2.25. The average molecular weight is 222 g/mol. The fraction of sp³-hybridized carbons (Fsp3) is 0. The summed E-state index contributed by atoms with van der Waals surface area (Å²) in [5.74, 6) is -0.812. The molecule has 0 aliphatic rings. The molecule has 0 saturated heterocycles. The summed E-state index contributed by atoms with van der Waals surface area (Å²) in [7, 11) is 0. The lowest BCUT2D eigenvalue weighted by Crippen LogP contribution is -2.09. The van der Waals surface area contributed by atoms with Gasteiger partial charge in [0.05, 0.1) is 5.02 Å². The predicted octanol–water partition coefficient (Wildman–Crippen LogP) is 1.47. The van der Waals surface area contributed by atoms with Gasteiger partial charge in [-0.25, -0.2) is 18.7 Å². The average Bonchev–Trinajstić information content (AvgIpc) is 2.45. The number of aromatic amines is 1. The number of nitrogens with zero attached hydrogens (tertiary/aromatic N) is 2. The second-order valence-corrected chi connectivity index (χ2v) is 3.11. The van der Waals surface area contributed by atoms with Crippen LogP contribution in [0.2, 0.25) is 10.0 Å². The first-order chi connectivity index (χ1) is 6.11. The van der Waals surface area contributed by atoms with Gasteiger partial charge in [-0.3, -0.25) is 0 Å². The SMILES string of the molecule is O=c1[nH]nc2c(F)c(Cl)c(Cl)cn12. The Morgan fingerprint density at radius 1 is 1.54 bits per heavy atom. The molecule has 0 radical (unpaired) electrons. The molecule has 0 saturated carbocycles. The Morgan fingerprint density at radius 3 is 2.92 bits per heavy atom. The Kier molecular flexibility index (Phi) is 1.78. The highest BCUT2D eigenvalue weighted by Gasteiger charge is 2.13. The smallest absolute Gasteiger partial charge is 0.246 e. The first-order valence-electron chi connectivity index (χ1n) is 3.21. The molecule has 13 heavy (non-hydrogen) atoms. The minimum absolute atomic E-state index is 0.0323. The first-order valence-corrected chi connectivity index (χ1v) is 3.97. The fourth-order valence-corrected chi connectivity index (χ4v) is 1.27. The maximum Gasteiger partial charge on any atom is 0.347 e. The van der Waals surface area contributed by atoms with Crippen LogP contribution in [0.15, 0.2) is 11.0 Å². The Balaban J connectivity index is 3.04. The zero-order valence-corrected chi connectivity index (χ0v) is 7.53. The van der Waals surface area contributed by atoms with Crippen LogP contribution < -0.4 is 5.69 Å². The minimum atomic E-state index is -0.812. The first kappa shape index (κ1) is 8.52. The van der Waals surface area contributed by atoms with Crippen LogP contribution in [-0.2, 0) is 0 Å². The van der Waals surface area contributed by atoms with Crippen molar-refractivity contribution in [1.82, 2.24) is 14.6 Å². The second-order valence-electron chi connectivity index (χ2n) is 2.33. The Bertz CT molecular complexity index is 532. The van der Waals surface area contributed by atoms with Gasteiger partial charge in [0, 0.05) is 6.20 Å². The quantitative estimate of drug-likeness (QED) is 0.733. The van der Waals surface area contributed by atoms with Gasteiger partial charge in [-0.15, -0.1) is 5.10 Å². The van der Waals surface area contributed by atoms with E-state index in [1.54, 1.807) is 0 Å². The lowest BCUT2D eigenvalue weighted by atomic mass is 10.4. The molecule has 68 valence electrons. The van der Waals surface area contributed by atoms with Crippen LogP contribution in [-0.4, -0.2) is 14.6 Å². The van der Waals surface area contributed by atoms with Crippen molar-refractivity contribution < 1.29 is 4.39 Å². The van der Waals surface area contributed by atoms with E-state index in [0.29, 0.717) is 0 Å². The monoisotopic (exact) mass is 221 g/mol. The summed E-state index contributed by atoms with van der Waals surface area (Å²) >= 11 is 11.0. The van der Waals surface area contributed by atoms with Crippen molar-refractivity contribution in [2.75, 3.05) is 0 Å². The van der Waals surface area contributed by atoms with E-state index >= 15 is 0 Å². The van der Waals surface area contributed by atoms with E-state index in [2.05, 4.69) is 10.2 Å². The molecule has 0 bridgehead atoms. The number of hydrogen-bond acceptors (Lipinski definition) is 2. The number of aromatic nitrogens is 3. The van der Waals surface area contributed by atoms with Gasteiger partial charge in [0.15, 0.2) is 11.5 Å². The molecule has 0 aliphatic carbocycles. The fourth-order valence-electron chi connectivity index (χ4n) is 0.952. The molecule has 0 unspecified atom stereocenters. The zero-order chi connectivity index (χ0) is 9.59. The third-order valence-corrected chi connectivity index (χ3v) is 2.30. The Hall–Kier alpha value is -1.07. The molecule has 0 spiro atoms. The standard InChI is InChI=1S/C6H2Cl2FN3O/c7-2-1-12-5(4(9)3(2)8)10-11-6(12)13/h1H,(H,11,13). The molecule has 4 nitrogen and oxygen atoms in total. The van der Waals surface area contributed by atoms with Gasteiger partial charge in [-0.1, -0.05) is 23.2 Å². The summed E-state index contributed by atoms with van der Waals surface area (Å²) in [6.07, 6.45) is 1.20. The lowest BCUT2D eigenvalue weighted by molar-refractivity contribution is 0.629. The molecule has 0 fully saturated rings. The highest BCUT2D eigenvalue weighted by molar-refractivity contribution is 6.42. The van der Waals surface area contributed by atoms with E-state index in [0.717, 1.165) is 4.40 Å². The van der Waals surface area contributed by atoms with Crippen molar-refractivity contribution in [2.45, 2.75) is 0 Å².